The van der Waals surface area contributed by atoms with Crippen molar-refractivity contribution in [1.82, 2.24) is 5.43 Å². The van der Waals surface area contributed by atoms with Crippen molar-refractivity contribution in [1.29, 1.82) is 0 Å². The first-order valence-electron chi connectivity index (χ1n) is 6.35. The van der Waals surface area contributed by atoms with Gasteiger partial charge in [-0.15, -0.1) is 0 Å². The molecular formula is C14H17FN2O. The Morgan fingerprint density at radius 2 is 2.00 bits per heavy atom. The van der Waals surface area contributed by atoms with Gasteiger partial charge in [0.15, 0.2) is 0 Å². The standard InChI is InChI=1S/C14H17FN2O/c15-13-9-5-4-8-12(13)10-16-17-14(18)11-6-2-1-3-7-11/h4-5,8-11H,1-3,6-7H2,(H,17,18)/b16-10-. The van der Waals surface area contributed by atoms with Crippen LogP contribution in [0.2, 0.25) is 0 Å². The Kier molecular flexibility index (Phi) is 4.45. The molecule has 4 heteroatoms. The number of nitrogens with one attached hydrogen (secondary N) is 1. The topological polar surface area (TPSA) is 41.5 Å². The molecule has 1 N–H and O–H groups in total. The van der Waals surface area contributed by atoms with E-state index in [2.05, 4.69) is 10.5 Å². The Bertz CT molecular complexity index is 439. The molecule has 2 rings (SSSR count). The molecule has 0 aromatic heterocycles. The number of hydrogen-bond acceptors (Lipinski definition) is 2. The van der Waals surface area contributed by atoms with Crippen LogP contribution in [-0.4, -0.2) is 12.1 Å². The van der Waals surface area contributed by atoms with E-state index >= 15 is 0 Å². The van der Waals surface area contributed by atoms with Gasteiger partial charge < -0.3 is 0 Å². The fourth-order valence-corrected chi connectivity index (χ4v) is 2.20. The first-order chi connectivity index (χ1) is 8.77. The molecule has 0 bridgehead atoms. The molecule has 1 aromatic carbocycles. The van der Waals surface area contributed by atoms with E-state index in [-0.39, 0.29) is 17.6 Å². The molecule has 0 saturated heterocycles. The van der Waals surface area contributed by atoms with E-state index in [1.54, 1.807) is 18.2 Å². The third-order valence-electron chi connectivity index (χ3n) is 3.26. The van der Waals surface area contributed by atoms with E-state index in [0.29, 0.717) is 5.56 Å². The van der Waals surface area contributed by atoms with Crippen LogP contribution in [0.25, 0.3) is 0 Å². The van der Waals surface area contributed by atoms with Gasteiger partial charge in [0.1, 0.15) is 5.82 Å². The molecule has 1 aliphatic carbocycles. The number of benzene rings is 1. The lowest BCUT2D eigenvalue weighted by Crippen LogP contribution is -2.28. The van der Waals surface area contributed by atoms with E-state index in [0.717, 1.165) is 25.7 Å². The van der Waals surface area contributed by atoms with Gasteiger partial charge in [0.25, 0.3) is 0 Å². The van der Waals surface area contributed by atoms with Crippen LogP contribution in [-0.2, 0) is 4.79 Å². The average Bonchev–Trinajstić information content (AvgIpc) is 2.42. The fraction of sp³-hybridized carbons (Fsp3) is 0.429. The summed E-state index contributed by atoms with van der Waals surface area (Å²) in [6, 6.07) is 6.33. The minimum absolute atomic E-state index is 0.0534. The van der Waals surface area contributed by atoms with Gasteiger partial charge in [-0.25, -0.2) is 9.82 Å². The third-order valence-corrected chi connectivity index (χ3v) is 3.26. The largest absolute Gasteiger partial charge is 0.273 e. The minimum Gasteiger partial charge on any atom is -0.273 e. The molecule has 1 aromatic rings. The molecule has 1 saturated carbocycles. The van der Waals surface area contributed by atoms with E-state index in [4.69, 9.17) is 0 Å². The Balaban J connectivity index is 1.87. The number of carbonyl (C=O) groups is 1. The normalized spacial score (nSPS) is 16.9. The molecule has 0 aliphatic heterocycles. The van der Waals surface area contributed by atoms with Crippen LogP contribution < -0.4 is 5.43 Å². The summed E-state index contributed by atoms with van der Waals surface area (Å²) in [5.74, 6) is -0.327. The molecule has 1 amide bonds. The smallest absolute Gasteiger partial charge is 0.243 e. The van der Waals surface area contributed by atoms with Gasteiger partial charge in [0.2, 0.25) is 5.91 Å². The molecule has 0 atom stereocenters. The number of nitrogens with zero attached hydrogens (tertiary/aromatic N) is 1. The highest BCUT2D eigenvalue weighted by Gasteiger charge is 2.20. The first kappa shape index (κ1) is 12.7. The second-order valence-electron chi connectivity index (χ2n) is 4.59. The number of hydrazone groups is 1. The van der Waals surface area contributed by atoms with E-state index in [1.807, 2.05) is 0 Å². The summed E-state index contributed by atoms with van der Waals surface area (Å²) in [7, 11) is 0. The van der Waals surface area contributed by atoms with Crippen LogP contribution in [0.15, 0.2) is 29.4 Å². The third kappa shape index (κ3) is 3.39. The van der Waals surface area contributed by atoms with Gasteiger partial charge in [-0.05, 0) is 18.9 Å². The molecule has 96 valence electrons. The average molecular weight is 248 g/mol. The van der Waals surface area contributed by atoms with Crippen LogP contribution in [0, 0.1) is 11.7 Å². The lowest BCUT2D eigenvalue weighted by Gasteiger charge is -2.19. The molecule has 0 heterocycles. The van der Waals surface area contributed by atoms with Gasteiger partial charge in [-0.2, -0.15) is 5.10 Å². The number of amides is 1. The molecular weight excluding hydrogens is 231 g/mol. The predicted octanol–water partition coefficient (Wildman–Crippen LogP) is 2.86. The van der Waals surface area contributed by atoms with E-state index in [9.17, 15) is 9.18 Å². The van der Waals surface area contributed by atoms with Gasteiger partial charge in [-0.3, -0.25) is 4.79 Å². The number of carbonyl (C=O) groups excluding carboxylic acids is 1. The van der Waals surface area contributed by atoms with Crippen molar-refractivity contribution in [3.8, 4) is 0 Å². The second-order valence-corrected chi connectivity index (χ2v) is 4.59. The summed E-state index contributed by atoms with van der Waals surface area (Å²) in [4.78, 5) is 11.8. The summed E-state index contributed by atoms with van der Waals surface area (Å²) >= 11 is 0. The Hall–Kier alpha value is -1.71. The Labute approximate surface area is 106 Å². The van der Waals surface area contributed by atoms with Crippen LogP contribution in [0.4, 0.5) is 4.39 Å². The number of rotatable bonds is 3. The monoisotopic (exact) mass is 248 g/mol. The van der Waals surface area contributed by atoms with Crippen molar-refractivity contribution < 1.29 is 9.18 Å². The van der Waals surface area contributed by atoms with Crippen LogP contribution in [0.1, 0.15) is 37.7 Å². The van der Waals surface area contributed by atoms with Crippen molar-refractivity contribution in [3.63, 3.8) is 0 Å². The van der Waals surface area contributed by atoms with E-state index < -0.39 is 0 Å². The summed E-state index contributed by atoms with van der Waals surface area (Å²) in [6.07, 6.45) is 6.63. The van der Waals surface area contributed by atoms with Crippen molar-refractivity contribution in [2.45, 2.75) is 32.1 Å². The van der Waals surface area contributed by atoms with Crippen molar-refractivity contribution in [2.75, 3.05) is 0 Å². The lowest BCUT2D eigenvalue weighted by molar-refractivity contribution is -0.125. The summed E-state index contributed by atoms with van der Waals surface area (Å²) in [6.45, 7) is 0. The van der Waals surface area contributed by atoms with Crippen molar-refractivity contribution >= 4 is 12.1 Å². The highest BCUT2D eigenvalue weighted by molar-refractivity contribution is 5.83. The molecule has 0 spiro atoms. The maximum Gasteiger partial charge on any atom is 0.243 e. The highest BCUT2D eigenvalue weighted by Crippen LogP contribution is 2.23. The van der Waals surface area contributed by atoms with Crippen molar-refractivity contribution in [2.24, 2.45) is 11.0 Å². The second kappa shape index (κ2) is 6.28. The molecule has 3 nitrogen and oxygen atoms in total. The fourth-order valence-electron chi connectivity index (χ4n) is 2.20. The molecule has 1 fully saturated rings. The van der Waals surface area contributed by atoms with Crippen molar-refractivity contribution in [3.05, 3.63) is 35.6 Å². The van der Waals surface area contributed by atoms with Crippen LogP contribution >= 0.6 is 0 Å². The Morgan fingerprint density at radius 3 is 2.72 bits per heavy atom. The maximum atomic E-state index is 13.3. The zero-order valence-electron chi connectivity index (χ0n) is 10.2. The Morgan fingerprint density at radius 1 is 1.28 bits per heavy atom. The highest BCUT2D eigenvalue weighted by atomic mass is 19.1. The van der Waals surface area contributed by atoms with Crippen LogP contribution in [0.5, 0.6) is 0 Å². The molecule has 18 heavy (non-hydrogen) atoms. The quantitative estimate of drug-likeness (QED) is 0.648. The van der Waals surface area contributed by atoms with Gasteiger partial charge in [0, 0.05) is 11.5 Å². The zero-order valence-corrected chi connectivity index (χ0v) is 10.2. The SMILES string of the molecule is O=C(N/N=C\c1ccccc1F)C1CCCCC1. The van der Waals surface area contributed by atoms with Gasteiger partial charge >= 0.3 is 0 Å². The molecule has 1 aliphatic rings. The zero-order chi connectivity index (χ0) is 12.8. The summed E-state index contributed by atoms with van der Waals surface area (Å²) < 4.78 is 13.3. The molecule has 0 unspecified atom stereocenters. The van der Waals surface area contributed by atoms with E-state index in [1.165, 1.54) is 18.7 Å². The predicted molar refractivity (Wildman–Crippen MR) is 68.7 cm³/mol. The van der Waals surface area contributed by atoms with Gasteiger partial charge in [-0.1, -0.05) is 37.5 Å². The number of halogens is 1. The summed E-state index contributed by atoms with van der Waals surface area (Å²) in [5.41, 5.74) is 2.87. The number of hydrogen-bond donors (Lipinski definition) is 1. The summed E-state index contributed by atoms with van der Waals surface area (Å²) in [5, 5.41) is 3.81. The van der Waals surface area contributed by atoms with Crippen LogP contribution in [0.3, 0.4) is 0 Å². The van der Waals surface area contributed by atoms with Gasteiger partial charge in [0.05, 0.1) is 6.21 Å². The minimum atomic E-state index is -0.340. The maximum absolute atomic E-state index is 13.3. The first-order valence-corrected chi connectivity index (χ1v) is 6.35. The molecule has 0 radical (unpaired) electrons. The lowest BCUT2D eigenvalue weighted by atomic mass is 9.89.